The highest BCUT2D eigenvalue weighted by Crippen LogP contribution is 2.38. The summed E-state index contributed by atoms with van der Waals surface area (Å²) < 4.78 is 1.90. The fourth-order valence-corrected chi connectivity index (χ4v) is 3.90. The van der Waals surface area contributed by atoms with Gasteiger partial charge in [-0.2, -0.15) is 4.52 Å². The number of fused-ring (bicyclic) bond motifs is 1. The van der Waals surface area contributed by atoms with Gasteiger partial charge < -0.3 is 10.2 Å². The maximum atomic E-state index is 12.6. The third-order valence-electron chi connectivity index (χ3n) is 5.76. The molecule has 3 aromatic rings. The minimum Gasteiger partial charge on any atom is -0.355 e. The van der Waals surface area contributed by atoms with Crippen LogP contribution in [-0.4, -0.2) is 44.8 Å². The molecule has 2 aliphatic rings. The van der Waals surface area contributed by atoms with Crippen molar-refractivity contribution < 1.29 is 4.79 Å². The van der Waals surface area contributed by atoms with Gasteiger partial charge in [-0.3, -0.25) is 4.79 Å². The Labute approximate surface area is 163 Å². The van der Waals surface area contributed by atoms with Gasteiger partial charge in [0.15, 0.2) is 11.5 Å². The molecule has 28 heavy (non-hydrogen) atoms. The number of piperidine rings is 1. The minimum absolute atomic E-state index is 0.0228. The molecule has 1 aromatic carbocycles. The van der Waals surface area contributed by atoms with Crippen LogP contribution in [0.25, 0.3) is 5.65 Å². The molecule has 144 valence electrons. The van der Waals surface area contributed by atoms with Gasteiger partial charge in [0.05, 0.1) is 0 Å². The molecule has 1 aliphatic heterocycles. The normalized spacial score (nSPS) is 17.8. The highest BCUT2D eigenvalue weighted by molar-refractivity contribution is 5.95. The highest BCUT2D eigenvalue weighted by Gasteiger charge is 2.30. The van der Waals surface area contributed by atoms with Crippen molar-refractivity contribution in [2.24, 2.45) is 0 Å². The molecule has 1 saturated heterocycles. The number of nitrogens with zero attached hydrogens (tertiary/aromatic N) is 5. The second-order valence-corrected chi connectivity index (χ2v) is 7.84. The highest BCUT2D eigenvalue weighted by atomic mass is 16.1. The molecule has 1 amide bonds. The summed E-state index contributed by atoms with van der Waals surface area (Å²) in [5, 5.41) is 16.5. The molecular weight excluding hydrogens is 352 g/mol. The average molecular weight is 376 g/mol. The number of anilines is 1. The van der Waals surface area contributed by atoms with Gasteiger partial charge in [0.25, 0.3) is 5.91 Å². The lowest BCUT2D eigenvalue weighted by atomic mass is 10.0. The summed E-state index contributed by atoms with van der Waals surface area (Å²) in [5.74, 6) is 2.48. The zero-order valence-corrected chi connectivity index (χ0v) is 16.0. The molecule has 3 heterocycles. The SMILES string of the molecule is Cc1ccccc1C(=O)NC1CCN(c2ccc3nnc(C4CC4)n3n2)CC1. The summed E-state index contributed by atoms with van der Waals surface area (Å²) in [7, 11) is 0. The van der Waals surface area contributed by atoms with E-state index in [0.717, 1.165) is 54.3 Å². The third kappa shape index (κ3) is 3.21. The largest absolute Gasteiger partial charge is 0.355 e. The molecule has 0 bridgehead atoms. The number of hydrogen-bond donors (Lipinski definition) is 1. The van der Waals surface area contributed by atoms with Crippen molar-refractivity contribution in [1.29, 1.82) is 0 Å². The summed E-state index contributed by atoms with van der Waals surface area (Å²) in [5.41, 5.74) is 2.58. The fraction of sp³-hybridized carbons (Fsp3) is 0.429. The molecular formula is C21H24N6O. The first-order valence-electron chi connectivity index (χ1n) is 10.0. The van der Waals surface area contributed by atoms with E-state index < -0.39 is 0 Å². The summed E-state index contributed by atoms with van der Waals surface area (Å²) in [4.78, 5) is 14.8. The lowest BCUT2D eigenvalue weighted by Crippen LogP contribution is -2.45. The topological polar surface area (TPSA) is 75.4 Å². The molecule has 0 radical (unpaired) electrons. The van der Waals surface area contributed by atoms with Gasteiger partial charge >= 0.3 is 0 Å². The van der Waals surface area contributed by atoms with E-state index in [1.807, 2.05) is 47.8 Å². The average Bonchev–Trinajstić information content (AvgIpc) is 3.47. The molecule has 2 aromatic heterocycles. The number of carbonyl (C=O) groups is 1. The van der Waals surface area contributed by atoms with Gasteiger partial charge in [-0.15, -0.1) is 15.3 Å². The Kier molecular flexibility index (Phi) is 4.22. The van der Waals surface area contributed by atoms with Crippen LogP contribution in [0.3, 0.4) is 0 Å². The molecule has 7 heteroatoms. The van der Waals surface area contributed by atoms with Crippen molar-refractivity contribution in [1.82, 2.24) is 25.1 Å². The van der Waals surface area contributed by atoms with Crippen molar-refractivity contribution >= 4 is 17.4 Å². The molecule has 0 atom stereocenters. The summed E-state index contributed by atoms with van der Waals surface area (Å²) >= 11 is 0. The Balaban J connectivity index is 1.25. The minimum atomic E-state index is 0.0228. The van der Waals surface area contributed by atoms with Gasteiger partial charge in [0, 0.05) is 30.6 Å². The smallest absolute Gasteiger partial charge is 0.251 e. The lowest BCUT2D eigenvalue weighted by molar-refractivity contribution is 0.0930. The van der Waals surface area contributed by atoms with E-state index in [2.05, 4.69) is 20.4 Å². The van der Waals surface area contributed by atoms with E-state index in [1.54, 1.807) is 0 Å². The Hall–Kier alpha value is -2.96. The zero-order valence-electron chi connectivity index (χ0n) is 16.0. The predicted octanol–water partition coefficient (Wildman–Crippen LogP) is 2.71. The third-order valence-corrected chi connectivity index (χ3v) is 5.76. The van der Waals surface area contributed by atoms with E-state index in [0.29, 0.717) is 5.92 Å². The van der Waals surface area contributed by atoms with Crippen LogP contribution in [0.1, 0.15) is 53.3 Å². The van der Waals surface area contributed by atoms with Crippen molar-refractivity contribution in [3.63, 3.8) is 0 Å². The molecule has 1 aliphatic carbocycles. The van der Waals surface area contributed by atoms with Crippen LogP contribution in [0.5, 0.6) is 0 Å². The Morgan fingerprint density at radius 1 is 1.04 bits per heavy atom. The summed E-state index contributed by atoms with van der Waals surface area (Å²) in [6, 6.07) is 11.9. The maximum Gasteiger partial charge on any atom is 0.251 e. The Bertz CT molecular complexity index is 1020. The zero-order chi connectivity index (χ0) is 19.1. The van der Waals surface area contributed by atoms with Crippen molar-refractivity contribution in [2.45, 2.75) is 44.6 Å². The van der Waals surface area contributed by atoms with E-state index in [4.69, 9.17) is 5.10 Å². The number of aromatic nitrogens is 4. The molecule has 7 nitrogen and oxygen atoms in total. The van der Waals surface area contributed by atoms with Crippen molar-refractivity contribution in [3.05, 3.63) is 53.3 Å². The van der Waals surface area contributed by atoms with Crippen LogP contribution in [0.4, 0.5) is 5.82 Å². The van der Waals surface area contributed by atoms with Gasteiger partial charge in [-0.25, -0.2) is 0 Å². The number of aryl methyl sites for hydroxylation is 1. The van der Waals surface area contributed by atoms with Crippen LogP contribution in [0, 0.1) is 6.92 Å². The van der Waals surface area contributed by atoms with Crippen molar-refractivity contribution in [3.8, 4) is 0 Å². The number of rotatable bonds is 4. The predicted molar refractivity (Wildman–Crippen MR) is 107 cm³/mol. The van der Waals surface area contributed by atoms with Crippen LogP contribution in [0.2, 0.25) is 0 Å². The summed E-state index contributed by atoms with van der Waals surface area (Å²) in [6.45, 7) is 3.72. The first-order chi connectivity index (χ1) is 13.7. The van der Waals surface area contributed by atoms with Crippen LogP contribution >= 0.6 is 0 Å². The van der Waals surface area contributed by atoms with Crippen LogP contribution in [0.15, 0.2) is 36.4 Å². The summed E-state index contributed by atoms with van der Waals surface area (Å²) in [6.07, 6.45) is 4.18. The van der Waals surface area contributed by atoms with Gasteiger partial charge in [-0.05, 0) is 56.4 Å². The van der Waals surface area contributed by atoms with Crippen LogP contribution < -0.4 is 10.2 Å². The van der Waals surface area contributed by atoms with E-state index >= 15 is 0 Å². The molecule has 5 rings (SSSR count). The first-order valence-corrected chi connectivity index (χ1v) is 10.0. The number of carbonyl (C=O) groups excluding carboxylic acids is 1. The number of benzene rings is 1. The van der Waals surface area contributed by atoms with E-state index in [-0.39, 0.29) is 11.9 Å². The monoisotopic (exact) mass is 376 g/mol. The molecule has 0 unspecified atom stereocenters. The van der Waals surface area contributed by atoms with Gasteiger partial charge in [0.2, 0.25) is 0 Å². The molecule has 1 saturated carbocycles. The number of amides is 1. The Morgan fingerprint density at radius 3 is 2.57 bits per heavy atom. The maximum absolute atomic E-state index is 12.6. The van der Waals surface area contributed by atoms with E-state index in [1.165, 1.54) is 12.8 Å². The second kappa shape index (κ2) is 6.89. The standard InChI is InChI=1S/C21H24N6O/c1-14-4-2-3-5-17(14)21(28)22-16-10-12-26(13-11-16)19-9-8-18-23-24-20(15-6-7-15)27(18)25-19/h2-5,8-9,15-16H,6-7,10-13H2,1H3,(H,22,28). The number of hydrogen-bond acceptors (Lipinski definition) is 5. The molecule has 1 N–H and O–H groups in total. The van der Waals surface area contributed by atoms with Crippen LogP contribution in [-0.2, 0) is 0 Å². The lowest BCUT2D eigenvalue weighted by Gasteiger charge is -2.33. The fourth-order valence-electron chi connectivity index (χ4n) is 3.90. The Morgan fingerprint density at radius 2 is 1.82 bits per heavy atom. The second-order valence-electron chi connectivity index (χ2n) is 7.84. The van der Waals surface area contributed by atoms with E-state index in [9.17, 15) is 4.79 Å². The first kappa shape index (κ1) is 17.2. The van der Waals surface area contributed by atoms with Gasteiger partial charge in [-0.1, -0.05) is 18.2 Å². The number of nitrogens with one attached hydrogen (secondary N) is 1. The van der Waals surface area contributed by atoms with Crippen molar-refractivity contribution in [2.75, 3.05) is 18.0 Å². The quantitative estimate of drug-likeness (QED) is 0.758. The van der Waals surface area contributed by atoms with Gasteiger partial charge in [0.1, 0.15) is 5.82 Å². The molecule has 2 fully saturated rings. The molecule has 0 spiro atoms.